The summed E-state index contributed by atoms with van der Waals surface area (Å²) in [6.45, 7) is 1.56. The molecule has 2 rings (SSSR count). The van der Waals surface area contributed by atoms with Crippen LogP contribution in [0.15, 0.2) is 42.5 Å². The molecule has 0 heterocycles. The molecule has 106 valence electrons. The molecule has 0 saturated heterocycles. The summed E-state index contributed by atoms with van der Waals surface area (Å²) in [4.78, 5) is 9.51. The first-order valence-electron chi connectivity index (χ1n) is 6.11. The predicted molar refractivity (Wildman–Crippen MR) is 79.0 cm³/mol. The fourth-order valence-electron chi connectivity index (χ4n) is 2.09. The van der Waals surface area contributed by atoms with Gasteiger partial charge < -0.3 is 15.0 Å². The zero-order chi connectivity index (χ0) is 14.8. The minimum atomic E-state index is -2.55. The third-order valence-electron chi connectivity index (χ3n) is 3.27. The summed E-state index contributed by atoms with van der Waals surface area (Å²) >= 11 is -2.55. The number of carboxylic acid groups (broad SMARTS) is 1. The Labute approximate surface area is 118 Å². The molecule has 0 aliphatic heterocycles. The number of carbonyl (C=O) groups is 1. The number of hydrogen-bond acceptors (Lipinski definition) is 3. The highest BCUT2D eigenvalue weighted by molar-refractivity contribution is 7.81. The van der Waals surface area contributed by atoms with Crippen molar-refractivity contribution in [2.45, 2.75) is 18.2 Å². The third-order valence-corrected chi connectivity index (χ3v) is 4.43. The van der Waals surface area contributed by atoms with E-state index in [1.165, 1.54) is 0 Å². The quantitative estimate of drug-likeness (QED) is 0.738. The van der Waals surface area contributed by atoms with Gasteiger partial charge in [0.1, 0.15) is 0 Å². The van der Waals surface area contributed by atoms with E-state index >= 15 is 0 Å². The maximum atomic E-state index is 11.5. The van der Waals surface area contributed by atoms with Crippen LogP contribution < -0.4 is 5.32 Å². The number of fused-ring (bicyclic) bond motifs is 1. The molecule has 0 amide bonds. The second-order valence-corrected chi connectivity index (χ2v) is 5.58. The molecule has 2 aromatic carbocycles. The van der Waals surface area contributed by atoms with Crippen molar-refractivity contribution in [3.63, 3.8) is 0 Å². The van der Waals surface area contributed by atoms with Crippen LogP contribution in [-0.4, -0.2) is 24.7 Å². The van der Waals surface area contributed by atoms with Crippen molar-refractivity contribution in [1.82, 2.24) is 0 Å². The van der Waals surface area contributed by atoms with Gasteiger partial charge in [-0.05, 0) is 17.9 Å². The van der Waals surface area contributed by atoms with Gasteiger partial charge in [-0.1, -0.05) is 43.3 Å². The van der Waals surface area contributed by atoms with Gasteiger partial charge in [0.05, 0.1) is 0 Å². The normalized spacial score (nSPS) is 15.5. The van der Waals surface area contributed by atoms with Crippen LogP contribution in [0.25, 0.3) is 10.8 Å². The largest absolute Gasteiger partial charge is 0.479 e. The first-order valence-corrected chi connectivity index (χ1v) is 7.22. The average molecular weight is 293 g/mol. The number of rotatable bonds is 5. The van der Waals surface area contributed by atoms with E-state index in [4.69, 9.17) is 0 Å². The second kappa shape index (κ2) is 5.60. The van der Waals surface area contributed by atoms with Crippen molar-refractivity contribution in [3.8, 4) is 0 Å². The highest BCUT2D eigenvalue weighted by atomic mass is 32.2. The molecular weight excluding hydrogens is 278 g/mol. The van der Waals surface area contributed by atoms with Crippen LogP contribution in [0.1, 0.15) is 13.3 Å². The minimum absolute atomic E-state index is 0.0192. The van der Waals surface area contributed by atoms with Crippen LogP contribution in [0.2, 0.25) is 0 Å². The molecule has 0 aliphatic carbocycles. The third kappa shape index (κ3) is 2.39. The highest BCUT2D eigenvalue weighted by Crippen LogP contribution is 2.28. The molecule has 3 N–H and O–H groups in total. The van der Waals surface area contributed by atoms with Crippen molar-refractivity contribution >= 4 is 33.5 Å². The molecule has 2 atom stereocenters. The Morgan fingerprint density at radius 2 is 1.90 bits per heavy atom. The van der Waals surface area contributed by atoms with E-state index in [-0.39, 0.29) is 6.42 Å². The van der Waals surface area contributed by atoms with Gasteiger partial charge in [-0.2, -0.15) is 0 Å². The molecule has 6 heteroatoms. The predicted octanol–water partition coefficient (Wildman–Crippen LogP) is 2.66. The van der Waals surface area contributed by atoms with Gasteiger partial charge in [0, 0.05) is 11.1 Å². The van der Waals surface area contributed by atoms with Crippen molar-refractivity contribution in [3.05, 3.63) is 42.5 Å². The standard InChI is InChI=1S/C14H15NO4S/c1-2-14(13(16)17,20(18)19)15-12-9-5-7-10-6-3-4-8-11(10)12/h3-9,15H,2H2,1H3,(H,16,17)(H,18,19)/t14-/m1/s1. The van der Waals surface area contributed by atoms with Crippen molar-refractivity contribution in [2.75, 3.05) is 5.32 Å². The zero-order valence-electron chi connectivity index (χ0n) is 10.9. The topological polar surface area (TPSA) is 86.6 Å². The van der Waals surface area contributed by atoms with Crippen LogP contribution >= 0.6 is 0 Å². The smallest absolute Gasteiger partial charge is 0.345 e. The molecule has 0 bridgehead atoms. The molecule has 2 aromatic rings. The van der Waals surface area contributed by atoms with Crippen LogP contribution in [0.5, 0.6) is 0 Å². The van der Waals surface area contributed by atoms with Gasteiger partial charge in [-0.15, -0.1) is 0 Å². The number of benzene rings is 2. The lowest BCUT2D eigenvalue weighted by molar-refractivity contribution is -0.139. The lowest BCUT2D eigenvalue weighted by Crippen LogP contribution is -2.49. The van der Waals surface area contributed by atoms with Gasteiger partial charge in [0.25, 0.3) is 0 Å². The van der Waals surface area contributed by atoms with Crippen LogP contribution in [-0.2, 0) is 15.9 Å². The van der Waals surface area contributed by atoms with Crippen molar-refractivity contribution in [1.29, 1.82) is 0 Å². The summed E-state index contributed by atoms with van der Waals surface area (Å²) in [5, 5.41) is 13.8. The lowest BCUT2D eigenvalue weighted by Gasteiger charge is -2.27. The van der Waals surface area contributed by atoms with E-state index < -0.39 is 21.9 Å². The summed E-state index contributed by atoms with van der Waals surface area (Å²) in [5.74, 6) is -1.35. The average Bonchev–Trinajstić information content (AvgIpc) is 2.44. The molecule has 0 aromatic heterocycles. The van der Waals surface area contributed by atoms with Crippen molar-refractivity contribution in [2.24, 2.45) is 0 Å². The van der Waals surface area contributed by atoms with E-state index in [0.717, 1.165) is 10.8 Å². The SMILES string of the molecule is CC[C@](Nc1cccc2ccccc12)(C(=O)O)S(=O)O. The second-order valence-electron chi connectivity index (χ2n) is 4.39. The summed E-state index contributed by atoms with van der Waals surface area (Å²) in [5.41, 5.74) is 0.523. The number of anilines is 1. The van der Waals surface area contributed by atoms with E-state index in [1.54, 1.807) is 19.1 Å². The first-order chi connectivity index (χ1) is 9.51. The highest BCUT2D eigenvalue weighted by Gasteiger charge is 2.43. The Morgan fingerprint density at radius 1 is 1.25 bits per heavy atom. The van der Waals surface area contributed by atoms with Gasteiger partial charge in [0.2, 0.25) is 4.87 Å². The Balaban J connectivity index is 2.54. The van der Waals surface area contributed by atoms with E-state index in [0.29, 0.717) is 5.69 Å². The van der Waals surface area contributed by atoms with Crippen LogP contribution in [0, 0.1) is 0 Å². The maximum Gasteiger partial charge on any atom is 0.345 e. The van der Waals surface area contributed by atoms with Gasteiger partial charge in [-0.25, -0.2) is 9.00 Å². The Bertz CT molecular complexity index is 652. The molecule has 0 spiro atoms. The summed E-state index contributed by atoms with van der Waals surface area (Å²) < 4.78 is 20.9. The molecule has 1 unspecified atom stereocenters. The monoisotopic (exact) mass is 293 g/mol. The van der Waals surface area contributed by atoms with Gasteiger partial charge >= 0.3 is 5.97 Å². The molecule has 5 nitrogen and oxygen atoms in total. The first kappa shape index (κ1) is 14.5. The number of carboxylic acids is 1. The Morgan fingerprint density at radius 3 is 2.50 bits per heavy atom. The maximum absolute atomic E-state index is 11.5. The van der Waals surface area contributed by atoms with Gasteiger partial charge in [0.15, 0.2) is 11.1 Å². The number of hydrogen-bond donors (Lipinski definition) is 3. The molecule has 0 fully saturated rings. The molecule has 20 heavy (non-hydrogen) atoms. The fraction of sp³-hybridized carbons (Fsp3) is 0.214. The summed E-state index contributed by atoms with van der Waals surface area (Å²) in [6.07, 6.45) is -0.0192. The van der Waals surface area contributed by atoms with E-state index in [1.807, 2.05) is 30.3 Å². The molecule has 0 saturated carbocycles. The Kier molecular flexibility index (Phi) is 4.06. The Hall–Kier alpha value is -1.92. The summed E-state index contributed by atoms with van der Waals surface area (Å²) in [6, 6.07) is 12.8. The zero-order valence-corrected chi connectivity index (χ0v) is 11.7. The van der Waals surface area contributed by atoms with Gasteiger partial charge in [-0.3, -0.25) is 0 Å². The van der Waals surface area contributed by atoms with Crippen LogP contribution in [0.3, 0.4) is 0 Å². The van der Waals surface area contributed by atoms with E-state index in [9.17, 15) is 18.7 Å². The van der Waals surface area contributed by atoms with E-state index in [2.05, 4.69) is 5.32 Å². The minimum Gasteiger partial charge on any atom is -0.479 e. The van der Waals surface area contributed by atoms with Crippen molar-refractivity contribution < 1.29 is 18.7 Å². The molecule has 0 radical (unpaired) electrons. The lowest BCUT2D eigenvalue weighted by atomic mass is 10.1. The molecular formula is C14H15NO4S. The number of nitrogens with one attached hydrogen (secondary N) is 1. The molecule has 0 aliphatic rings. The van der Waals surface area contributed by atoms with Crippen LogP contribution in [0.4, 0.5) is 5.69 Å². The summed E-state index contributed by atoms with van der Waals surface area (Å²) in [7, 11) is 0. The number of aliphatic carboxylic acids is 1. The fourth-order valence-corrected chi connectivity index (χ4v) is 2.68.